The maximum Gasteiger partial charge on any atom is 0.318 e. The molecule has 4 rings (SSSR count). The number of methoxy groups -OCH3 is 2. The number of carbonyl (C=O) groups is 2. The number of rotatable bonds is 6. The lowest BCUT2D eigenvalue weighted by atomic mass is 9.89. The Kier molecular flexibility index (Phi) is 6.74. The van der Waals surface area contributed by atoms with Crippen LogP contribution in [-0.4, -0.2) is 54.3 Å². The molecular formula is C25H28N2O4S. The van der Waals surface area contributed by atoms with Crippen LogP contribution >= 0.6 is 11.8 Å². The van der Waals surface area contributed by atoms with Crippen LogP contribution in [0.15, 0.2) is 53.6 Å². The molecule has 1 saturated heterocycles. The molecule has 1 amide bonds. The number of fused-ring (bicyclic) bond motifs is 1. The van der Waals surface area contributed by atoms with Gasteiger partial charge in [0.2, 0.25) is 0 Å². The number of nitrogens with zero attached hydrogens (tertiary/aromatic N) is 1. The minimum Gasteiger partial charge on any atom is -0.497 e. The maximum atomic E-state index is 13.3. The molecule has 1 aliphatic heterocycles. The number of hydrogen-bond acceptors (Lipinski definition) is 5. The Bertz CT molecular complexity index is 1120. The molecule has 168 valence electrons. The molecule has 32 heavy (non-hydrogen) atoms. The number of H-pyrrole nitrogens is 1. The first-order chi connectivity index (χ1) is 15.5. The summed E-state index contributed by atoms with van der Waals surface area (Å²) in [5, 5.41) is 0.811. The monoisotopic (exact) mass is 452 g/mol. The van der Waals surface area contributed by atoms with E-state index in [1.807, 2.05) is 41.3 Å². The van der Waals surface area contributed by atoms with Crippen molar-refractivity contribution in [1.82, 2.24) is 9.88 Å². The molecule has 7 heteroatoms. The number of benzene rings is 2. The van der Waals surface area contributed by atoms with E-state index in [1.165, 1.54) is 29.8 Å². The summed E-state index contributed by atoms with van der Waals surface area (Å²) in [6.45, 7) is 3.19. The van der Waals surface area contributed by atoms with Crippen LogP contribution in [0.1, 0.15) is 41.6 Å². The van der Waals surface area contributed by atoms with E-state index in [2.05, 4.69) is 17.2 Å². The van der Waals surface area contributed by atoms with Gasteiger partial charge in [0, 0.05) is 35.1 Å². The number of aromatic amines is 1. The highest BCUT2D eigenvalue weighted by Gasteiger charge is 2.28. The molecule has 1 unspecified atom stereocenters. The van der Waals surface area contributed by atoms with Crippen LogP contribution in [-0.2, 0) is 9.53 Å². The number of amides is 1. The summed E-state index contributed by atoms with van der Waals surface area (Å²) in [6, 6.07) is 13.6. The molecule has 2 heterocycles. The lowest BCUT2D eigenvalue weighted by molar-refractivity contribution is -0.139. The van der Waals surface area contributed by atoms with Gasteiger partial charge in [0.05, 0.1) is 19.8 Å². The zero-order chi connectivity index (χ0) is 22.7. The molecule has 1 aromatic heterocycles. The maximum absolute atomic E-state index is 13.3. The van der Waals surface area contributed by atoms with E-state index in [1.54, 1.807) is 14.0 Å². The highest BCUT2D eigenvalue weighted by atomic mass is 32.2. The second-order valence-electron chi connectivity index (χ2n) is 8.00. The molecule has 1 aliphatic rings. The first-order valence-electron chi connectivity index (χ1n) is 10.8. The van der Waals surface area contributed by atoms with Crippen molar-refractivity contribution in [3.8, 4) is 5.75 Å². The van der Waals surface area contributed by atoms with E-state index >= 15 is 0 Å². The Hall–Kier alpha value is -2.93. The van der Waals surface area contributed by atoms with E-state index in [0.29, 0.717) is 24.6 Å². The molecule has 1 fully saturated rings. The largest absolute Gasteiger partial charge is 0.497 e. The molecule has 6 nitrogen and oxygen atoms in total. The lowest BCUT2D eigenvalue weighted by Gasteiger charge is -2.32. The molecule has 2 aromatic carbocycles. The fourth-order valence-electron chi connectivity index (χ4n) is 4.30. The van der Waals surface area contributed by atoms with E-state index < -0.39 is 0 Å². The Morgan fingerprint density at radius 1 is 1.12 bits per heavy atom. The fourth-order valence-corrected chi connectivity index (χ4v) is 5.31. The highest BCUT2D eigenvalue weighted by Crippen LogP contribution is 2.36. The number of hydrogen-bond donors (Lipinski definition) is 1. The molecular weight excluding hydrogens is 424 g/mol. The number of carbonyl (C=O) groups excluding carboxylic acids is 2. The van der Waals surface area contributed by atoms with Gasteiger partial charge in [-0.3, -0.25) is 9.59 Å². The number of likely N-dealkylation sites (tertiary alicyclic amines) is 1. The summed E-state index contributed by atoms with van der Waals surface area (Å²) in [4.78, 5) is 31.2. The van der Waals surface area contributed by atoms with E-state index in [0.717, 1.165) is 29.0 Å². The van der Waals surface area contributed by atoms with Gasteiger partial charge < -0.3 is 19.4 Å². The molecule has 3 aromatic rings. The van der Waals surface area contributed by atoms with Crippen molar-refractivity contribution in [3.05, 3.63) is 59.8 Å². The summed E-state index contributed by atoms with van der Waals surface area (Å²) in [6.07, 6.45) is 3.90. The molecule has 0 bridgehead atoms. The van der Waals surface area contributed by atoms with Gasteiger partial charge >= 0.3 is 5.97 Å². The number of piperidine rings is 1. The zero-order valence-electron chi connectivity index (χ0n) is 18.6. The first-order valence-corrected chi connectivity index (χ1v) is 11.7. The van der Waals surface area contributed by atoms with Gasteiger partial charge in [0.15, 0.2) is 0 Å². The van der Waals surface area contributed by atoms with Crippen LogP contribution in [0.3, 0.4) is 0 Å². The smallest absolute Gasteiger partial charge is 0.318 e. The van der Waals surface area contributed by atoms with Crippen molar-refractivity contribution in [3.63, 3.8) is 0 Å². The van der Waals surface area contributed by atoms with Crippen LogP contribution in [0.4, 0.5) is 0 Å². The van der Waals surface area contributed by atoms with Gasteiger partial charge in [-0.1, -0.05) is 12.1 Å². The van der Waals surface area contributed by atoms with Crippen molar-refractivity contribution in [1.29, 1.82) is 0 Å². The van der Waals surface area contributed by atoms with Gasteiger partial charge in [-0.2, -0.15) is 0 Å². The Morgan fingerprint density at radius 2 is 1.88 bits per heavy atom. The lowest BCUT2D eigenvalue weighted by Crippen LogP contribution is -2.38. The van der Waals surface area contributed by atoms with Crippen molar-refractivity contribution in [2.24, 2.45) is 0 Å². The third-order valence-corrected chi connectivity index (χ3v) is 7.25. The summed E-state index contributed by atoms with van der Waals surface area (Å²) in [5.41, 5.74) is 3.03. The van der Waals surface area contributed by atoms with Crippen molar-refractivity contribution in [2.75, 3.05) is 27.3 Å². The van der Waals surface area contributed by atoms with Gasteiger partial charge in [-0.15, -0.1) is 11.8 Å². The van der Waals surface area contributed by atoms with Crippen molar-refractivity contribution >= 4 is 34.5 Å². The summed E-state index contributed by atoms with van der Waals surface area (Å²) in [7, 11) is 3.06. The quantitative estimate of drug-likeness (QED) is 0.428. The standard InChI is InChI=1S/C25H28N2O4S/c1-16(25(29)31-3)32-23-7-5-4-6-19(23)24(28)27-12-10-17(11-13-27)21-15-26-22-9-8-18(30-2)14-20(21)22/h4-9,14-17,26H,10-13H2,1-3H3. The third kappa shape index (κ3) is 4.48. The van der Waals surface area contributed by atoms with Crippen LogP contribution in [0.25, 0.3) is 10.9 Å². The van der Waals surface area contributed by atoms with Crippen LogP contribution < -0.4 is 4.74 Å². The number of thioether (sulfide) groups is 1. The third-order valence-electron chi connectivity index (χ3n) is 6.10. The van der Waals surface area contributed by atoms with E-state index in [9.17, 15) is 9.59 Å². The Labute approximate surface area is 192 Å². The predicted octanol–water partition coefficient (Wildman–Crippen LogP) is 4.85. The second-order valence-corrected chi connectivity index (χ2v) is 9.38. The van der Waals surface area contributed by atoms with Crippen LogP contribution in [0, 0.1) is 0 Å². The van der Waals surface area contributed by atoms with Gasteiger partial charge in [-0.05, 0) is 61.6 Å². The summed E-state index contributed by atoms with van der Waals surface area (Å²) < 4.78 is 10.2. The van der Waals surface area contributed by atoms with Gasteiger partial charge in [0.1, 0.15) is 11.0 Å². The topological polar surface area (TPSA) is 71.6 Å². The van der Waals surface area contributed by atoms with E-state index in [-0.39, 0.29) is 17.1 Å². The molecule has 0 aliphatic carbocycles. The molecule has 0 saturated carbocycles. The first kappa shape index (κ1) is 22.3. The summed E-state index contributed by atoms with van der Waals surface area (Å²) in [5.74, 6) is 0.961. The predicted molar refractivity (Wildman–Crippen MR) is 127 cm³/mol. The van der Waals surface area contributed by atoms with Crippen molar-refractivity contribution in [2.45, 2.75) is 35.8 Å². The molecule has 1 N–H and O–H groups in total. The second kappa shape index (κ2) is 9.69. The van der Waals surface area contributed by atoms with Crippen LogP contribution in [0.5, 0.6) is 5.75 Å². The number of ether oxygens (including phenoxy) is 2. The zero-order valence-corrected chi connectivity index (χ0v) is 19.4. The average molecular weight is 453 g/mol. The fraction of sp³-hybridized carbons (Fsp3) is 0.360. The Balaban J connectivity index is 1.46. The van der Waals surface area contributed by atoms with Gasteiger partial charge in [-0.25, -0.2) is 0 Å². The minimum absolute atomic E-state index is 0.0178. The van der Waals surface area contributed by atoms with E-state index in [4.69, 9.17) is 9.47 Å². The SMILES string of the molecule is COC(=O)C(C)Sc1ccccc1C(=O)N1CCC(c2c[nH]c3ccc(OC)cc23)CC1. The van der Waals surface area contributed by atoms with Crippen molar-refractivity contribution < 1.29 is 19.1 Å². The highest BCUT2D eigenvalue weighted by molar-refractivity contribution is 8.00. The number of aromatic nitrogens is 1. The molecule has 0 spiro atoms. The molecule has 0 radical (unpaired) electrons. The van der Waals surface area contributed by atoms with Gasteiger partial charge in [0.25, 0.3) is 5.91 Å². The molecule has 1 atom stereocenters. The number of nitrogens with one attached hydrogen (secondary N) is 1. The average Bonchev–Trinajstić information content (AvgIpc) is 3.26. The number of esters is 1. The summed E-state index contributed by atoms with van der Waals surface area (Å²) >= 11 is 1.36. The Morgan fingerprint density at radius 3 is 2.59 bits per heavy atom. The van der Waals surface area contributed by atoms with Crippen LogP contribution in [0.2, 0.25) is 0 Å². The normalized spacial score (nSPS) is 15.5. The minimum atomic E-state index is -0.376.